The maximum absolute atomic E-state index is 9.39. The van der Waals surface area contributed by atoms with Gasteiger partial charge in [-0.2, -0.15) is 0 Å². The van der Waals surface area contributed by atoms with E-state index in [2.05, 4.69) is 26.1 Å². The number of nitrogens with zero attached hydrogens (tertiary/aromatic N) is 1. The minimum atomic E-state index is -0.115. The molecule has 3 nitrogen and oxygen atoms in total. The van der Waals surface area contributed by atoms with E-state index in [1.807, 2.05) is 32.3 Å². The lowest BCUT2D eigenvalue weighted by atomic mass is 10.1. The summed E-state index contributed by atoms with van der Waals surface area (Å²) in [7, 11) is 4.03. The highest BCUT2D eigenvalue weighted by Gasteiger charge is 2.13. The Labute approximate surface area is 116 Å². The number of rotatable bonds is 6. The van der Waals surface area contributed by atoms with Gasteiger partial charge in [0.05, 0.1) is 12.6 Å². The molecule has 0 heterocycles. The van der Waals surface area contributed by atoms with E-state index >= 15 is 0 Å². The predicted molar refractivity (Wildman–Crippen MR) is 75.5 cm³/mol. The van der Waals surface area contributed by atoms with Gasteiger partial charge in [0.15, 0.2) is 0 Å². The average Bonchev–Trinajstić information content (AvgIpc) is 2.25. The van der Waals surface area contributed by atoms with Crippen molar-refractivity contribution in [2.24, 2.45) is 0 Å². The van der Waals surface area contributed by atoms with Crippen molar-refractivity contribution in [3.05, 3.63) is 33.3 Å². The molecule has 0 amide bonds. The van der Waals surface area contributed by atoms with Crippen molar-refractivity contribution in [3.8, 4) is 0 Å². The van der Waals surface area contributed by atoms with E-state index in [-0.39, 0.29) is 12.6 Å². The van der Waals surface area contributed by atoms with Crippen LogP contribution in [0.25, 0.3) is 0 Å². The van der Waals surface area contributed by atoms with E-state index in [4.69, 9.17) is 11.6 Å². The second-order valence-corrected chi connectivity index (χ2v) is 5.48. The van der Waals surface area contributed by atoms with Crippen molar-refractivity contribution in [1.29, 1.82) is 0 Å². The molecule has 1 aromatic rings. The zero-order chi connectivity index (χ0) is 12.8. The van der Waals surface area contributed by atoms with Gasteiger partial charge in [0.1, 0.15) is 0 Å². The Bertz CT molecular complexity index is 360. The van der Waals surface area contributed by atoms with E-state index in [1.54, 1.807) is 0 Å². The van der Waals surface area contributed by atoms with Gasteiger partial charge in [-0.05, 0) is 31.8 Å². The Kier molecular flexibility index (Phi) is 6.44. The van der Waals surface area contributed by atoms with Crippen molar-refractivity contribution in [2.45, 2.75) is 6.04 Å². The van der Waals surface area contributed by atoms with Gasteiger partial charge in [-0.1, -0.05) is 33.6 Å². The number of aliphatic hydroxyl groups excluding tert-OH is 1. The molecule has 96 valence electrons. The quantitative estimate of drug-likeness (QED) is 0.844. The Morgan fingerprint density at radius 2 is 2.18 bits per heavy atom. The normalized spacial score (nSPS) is 13.1. The van der Waals surface area contributed by atoms with Crippen LogP contribution >= 0.6 is 27.5 Å². The summed E-state index contributed by atoms with van der Waals surface area (Å²) in [6.07, 6.45) is 0. The van der Waals surface area contributed by atoms with Gasteiger partial charge < -0.3 is 15.3 Å². The first-order valence-electron chi connectivity index (χ1n) is 5.48. The molecule has 1 aromatic carbocycles. The Morgan fingerprint density at radius 1 is 1.47 bits per heavy atom. The highest BCUT2D eigenvalue weighted by molar-refractivity contribution is 9.10. The van der Waals surface area contributed by atoms with Crippen LogP contribution in [-0.2, 0) is 0 Å². The van der Waals surface area contributed by atoms with Gasteiger partial charge in [-0.3, -0.25) is 0 Å². The fourth-order valence-corrected chi connectivity index (χ4v) is 2.32. The summed E-state index contributed by atoms with van der Waals surface area (Å²) in [6, 6.07) is 5.58. The zero-order valence-electron chi connectivity index (χ0n) is 10.1. The lowest BCUT2D eigenvalue weighted by Crippen LogP contribution is -2.31. The lowest BCUT2D eigenvalue weighted by molar-refractivity contribution is 0.240. The highest BCUT2D eigenvalue weighted by atomic mass is 79.9. The topological polar surface area (TPSA) is 35.5 Å². The highest BCUT2D eigenvalue weighted by Crippen LogP contribution is 2.26. The van der Waals surface area contributed by atoms with Crippen LogP contribution in [0.15, 0.2) is 22.7 Å². The third kappa shape index (κ3) is 4.94. The summed E-state index contributed by atoms with van der Waals surface area (Å²) >= 11 is 9.52. The Morgan fingerprint density at radius 3 is 2.71 bits per heavy atom. The molecule has 2 N–H and O–H groups in total. The minimum absolute atomic E-state index is 0.0365. The van der Waals surface area contributed by atoms with Gasteiger partial charge in [0.25, 0.3) is 0 Å². The summed E-state index contributed by atoms with van der Waals surface area (Å²) in [5, 5.41) is 13.3. The monoisotopic (exact) mass is 320 g/mol. The molecule has 0 aliphatic carbocycles. The second-order valence-electron chi connectivity index (χ2n) is 4.16. The number of benzene rings is 1. The third-order valence-electron chi connectivity index (χ3n) is 2.47. The second kappa shape index (κ2) is 7.34. The molecule has 1 rings (SSSR count). The summed E-state index contributed by atoms with van der Waals surface area (Å²) in [5.74, 6) is 0. The minimum Gasteiger partial charge on any atom is -0.394 e. The number of halogens is 2. The first-order chi connectivity index (χ1) is 8.04. The number of hydrogen-bond donors (Lipinski definition) is 2. The summed E-state index contributed by atoms with van der Waals surface area (Å²) in [4.78, 5) is 2.09. The largest absolute Gasteiger partial charge is 0.394 e. The van der Waals surface area contributed by atoms with Crippen molar-refractivity contribution in [3.63, 3.8) is 0 Å². The molecule has 0 radical (unpaired) electrons. The van der Waals surface area contributed by atoms with Crippen LogP contribution in [0.4, 0.5) is 0 Å². The lowest BCUT2D eigenvalue weighted by Gasteiger charge is -2.19. The molecule has 0 aromatic heterocycles. The van der Waals surface area contributed by atoms with Crippen molar-refractivity contribution >= 4 is 27.5 Å². The van der Waals surface area contributed by atoms with Crippen LogP contribution in [0, 0.1) is 0 Å². The molecule has 0 saturated carbocycles. The van der Waals surface area contributed by atoms with E-state index in [1.165, 1.54) is 0 Å². The summed E-state index contributed by atoms with van der Waals surface area (Å²) in [6.45, 7) is 1.77. The van der Waals surface area contributed by atoms with Crippen LogP contribution in [0.1, 0.15) is 11.6 Å². The van der Waals surface area contributed by atoms with Crippen molar-refractivity contribution in [2.75, 3.05) is 33.8 Å². The number of hydrogen-bond acceptors (Lipinski definition) is 3. The first kappa shape index (κ1) is 14.9. The van der Waals surface area contributed by atoms with Crippen molar-refractivity contribution < 1.29 is 5.11 Å². The van der Waals surface area contributed by atoms with E-state index in [0.29, 0.717) is 5.02 Å². The predicted octanol–water partition coefficient (Wildman–Crippen LogP) is 2.29. The smallest absolute Gasteiger partial charge is 0.0627 e. The molecule has 0 aliphatic heterocycles. The van der Waals surface area contributed by atoms with Crippen LogP contribution < -0.4 is 5.32 Å². The molecule has 0 spiro atoms. The first-order valence-corrected chi connectivity index (χ1v) is 6.65. The standard InChI is InChI=1S/C12H18BrClN2O/c1-16(2)6-5-15-12(8-17)10-4-3-9(13)7-11(10)14/h3-4,7,12,15,17H,5-6,8H2,1-2H3. The van der Waals surface area contributed by atoms with E-state index in [0.717, 1.165) is 23.1 Å². The number of likely N-dealkylation sites (N-methyl/N-ethyl adjacent to an activating group) is 1. The maximum atomic E-state index is 9.39. The molecule has 17 heavy (non-hydrogen) atoms. The van der Waals surface area contributed by atoms with Gasteiger partial charge in [0.2, 0.25) is 0 Å². The molecule has 0 bridgehead atoms. The van der Waals surface area contributed by atoms with Crippen LogP contribution in [0.5, 0.6) is 0 Å². The van der Waals surface area contributed by atoms with Crippen molar-refractivity contribution in [1.82, 2.24) is 10.2 Å². The van der Waals surface area contributed by atoms with Crippen LogP contribution in [0.2, 0.25) is 5.02 Å². The molecule has 5 heteroatoms. The Balaban J connectivity index is 2.66. The van der Waals surface area contributed by atoms with Crippen LogP contribution in [0.3, 0.4) is 0 Å². The maximum Gasteiger partial charge on any atom is 0.0627 e. The van der Waals surface area contributed by atoms with Crippen LogP contribution in [-0.4, -0.2) is 43.8 Å². The molecule has 1 unspecified atom stereocenters. The Hall–Kier alpha value is -0.130. The molecular weight excluding hydrogens is 304 g/mol. The summed E-state index contributed by atoms with van der Waals surface area (Å²) < 4.78 is 0.941. The fraction of sp³-hybridized carbons (Fsp3) is 0.500. The fourth-order valence-electron chi connectivity index (χ4n) is 1.52. The van der Waals surface area contributed by atoms with Gasteiger partial charge in [-0.15, -0.1) is 0 Å². The molecule has 0 fully saturated rings. The van der Waals surface area contributed by atoms with Gasteiger partial charge in [-0.25, -0.2) is 0 Å². The number of nitrogens with one attached hydrogen (secondary N) is 1. The summed E-state index contributed by atoms with van der Waals surface area (Å²) in [5.41, 5.74) is 0.927. The van der Waals surface area contributed by atoms with Gasteiger partial charge in [0, 0.05) is 22.6 Å². The average molecular weight is 322 g/mol. The SMILES string of the molecule is CN(C)CCNC(CO)c1ccc(Br)cc1Cl. The van der Waals surface area contributed by atoms with E-state index < -0.39 is 0 Å². The third-order valence-corrected chi connectivity index (χ3v) is 3.29. The molecular formula is C12H18BrClN2O. The zero-order valence-corrected chi connectivity index (χ0v) is 12.4. The molecule has 1 atom stereocenters. The van der Waals surface area contributed by atoms with E-state index in [9.17, 15) is 5.11 Å². The van der Waals surface area contributed by atoms with Gasteiger partial charge >= 0.3 is 0 Å². The molecule has 0 aliphatic rings. The number of aliphatic hydroxyl groups is 1. The molecule has 0 saturated heterocycles.